The number of nitrogens with zero attached hydrogens (tertiary/aromatic N) is 3. The number of likely N-dealkylation sites (tertiary alicyclic amines) is 1. The van der Waals surface area contributed by atoms with Crippen molar-refractivity contribution in [3.8, 4) is 0 Å². The summed E-state index contributed by atoms with van der Waals surface area (Å²) < 4.78 is 5.39. The van der Waals surface area contributed by atoms with E-state index >= 15 is 0 Å². The molecule has 2 unspecified atom stereocenters. The minimum atomic E-state index is -0.484. The van der Waals surface area contributed by atoms with Crippen LogP contribution in [0.2, 0.25) is 0 Å². The van der Waals surface area contributed by atoms with Crippen LogP contribution < -0.4 is 10.6 Å². The predicted molar refractivity (Wildman–Crippen MR) is 112 cm³/mol. The lowest BCUT2D eigenvalue weighted by Gasteiger charge is -2.29. The second-order valence-corrected chi connectivity index (χ2v) is 8.91. The van der Waals surface area contributed by atoms with Crippen LogP contribution in [-0.4, -0.2) is 80.3 Å². The zero-order chi connectivity index (χ0) is 20.6. The van der Waals surface area contributed by atoms with Gasteiger partial charge in [-0.25, -0.2) is 4.79 Å². The summed E-state index contributed by atoms with van der Waals surface area (Å²) in [6, 6.07) is 0.633. The second-order valence-electron chi connectivity index (χ2n) is 8.91. The Labute approximate surface area is 165 Å². The van der Waals surface area contributed by atoms with E-state index in [2.05, 4.69) is 46.3 Å². The molecule has 1 aliphatic rings. The summed E-state index contributed by atoms with van der Waals surface area (Å²) in [5.41, 5.74) is -0.484. The minimum absolute atomic E-state index is 0.0568. The first-order valence-electron chi connectivity index (χ1n) is 10.1. The number of hydrogen-bond donors (Lipinski definition) is 2. The SMILES string of the molecule is CN=C(NCC1CCCN1C)N(C)CCC(NC(=O)OC(C)(C)C)C(C)C. The van der Waals surface area contributed by atoms with Crippen molar-refractivity contribution in [1.29, 1.82) is 0 Å². The lowest BCUT2D eigenvalue weighted by Crippen LogP contribution is -2.47. The highest BCUT2D eigenvalue weighted by atomic mass is 16.6. The van der Waals surface area contributed by atoms with E-state index in [1.807, 2.05) is 34.9 Å². The molecule has 0 spiro atoms. The van der Waals surface area contributed by atoms with Crippen LogP contribution in [0.3, 0.4) is 0 Å². The summed E-state index contributed by atoms with van der Waals surface area (Å²) in [7, 11) is 6.04. The average Bonchev–Trinajstić information content (AvgIpc) is 2.95. The Morgan fingerprint density at radius 2 is 2.04 bits per heavy atom. The van der Waals surface area contributed by atoms with Gasteiger partial charge in [0, 0.05) is 39.3 Å². The molecule has 27 heavy (non-hydrogen) atoms. The number of amides is 1. The Kier molecular flexibility index (Phi) is 9.36. The molecule has 1 heterocycles. The van der Waals surface area contributed by atoms with Gasteiger partial charge in [-0.1, -0.05) is 13.8 Å². The van der Waals surface area contributed by atoms with Crippen molar-refractivity contribution in [2.24, 2.45) is 10.9 Å². The van der Waals surface area contributed by atoms with Crippen LogP contribution >= 0.6 is 0 Å². The van der Waals surface area contributed by atoms with E-state index in [-0.39, 0.29) is 12.1 Å². The molecule has 7 nitrogen and oxygen atoms in total. The molecule has 1 amide bonds. The Morgan fingerprint density at radius 1 is 1.37 bits per heavy atom. The molecule has 0 radical (unpaired) electrons. The maximum Gasteiger partial charge on any atom is 0.407 e. The Morgan fingerprint density at radius 3 is 2.52 bits per heavy atom. The molecule has 0 aromatic rings. The fourth-order valence-corrected chi connectivity index (χ4v) is 3.30. The third-order valence-electron chi connectivity index (χ3n) is 5.02. The second kappa shape index (κ2) is 10.7. The molecule has 0 saturated carbocycles. The number of carbonyl (C=O) groups excluding carboxylic acids is 1. The fraction of sp³-hybridized carbons (Fsp3) is 0.900. The maximum atomic E-state index is 12.1. The van der Waals surface area contributed by atoms with Crippen molar-refractivity contribution in [2.75, 3.05) is 40.8 Å². The van der Waals surface area contributed by atoms with Gasteiger partial charge in [-0.15, -0.1) is 0 Å². The number of nitrogens with one attached hydrogen (secondary N) is 2. The van der Waals surface area contributed by atoms with Crippen LogP contribution in [0.5, 0.6) is 0 Å². The van der Waals surface area contributed by atoms with Crippen molar-refractivity contribution >= 4 is 12.1 Å². The monoisotopic (exact) mass is 383 g/mol. The van der Waals surface area contributed by atoms with Crippen LogP contribution in [-0.2, 0) is 4.74 Å². The highest BCUT2D eigenvalue weighted by Crippen LogP contribution is 2.14. The lowest BCUT2D eigenvalue weighted by atomic mass is 10.0. The summed E-state index contributed by atoms with van der Waals surface area (Å²) in [6.07, 6.45) is 2.98. The molecule has 0 aromatic carbocycles. The number of guanidine groups is 1. The first-order chi connectivity index (χ1) is 12.5. The Balaban J connectivity index is 2.49. The predicted octanol–water partition coefficient (Wildman–Crippen LogP) is 2.53. The molecular weight excluding hydrogens is 342 g/mol. The summed E-state index contributed by atoms with van der Waals surface area (Å²) in [6.45, 7) is 12.8. The van der Waals surface area contributed by atoms with Crippen LogP contribution in [0.4, 0.5) is 4.79 Å². The van der Waals surface area contributed by atoms with Crippen LogP contribution in [0.1, 0.15) is 53.9 Å². The average molecular weight is 384 g/mol. The van der Waals surface area contributed by atoms with Gasteiger partial charge in [0.1, 0.15) is 5.60 Å². The first-order valence-corrected chi connectivity index (χ1v) is 10.1. The smallest absolute Gasteiger partial charge is 0.407 e. The van der Waals surface area contributed by atoms with Gasteiger partial charge in [0.25, 0.3) is 0 Å². The molecule has 7 heteroatoms. The third-order valence-corrected chi connectivity index (χ3v) is 5.02. The summed E-state index contributed by atoms with van der Waals surface area (Å²) in [5.74, 6) is 1.23. The molecule has 1 fully saturated rings. The van der Waals surface area contributed by atoms with Gasteiger partial charge in [-0.3, -0.25) is 4.99 Å². The van der Waals surface area contributed by atoms with Crippen molar-refractivity contribution in [3.05, 3.63) is 0 Å². The van der Waals surface area contributed by atoms with Crippen molar-refractivity contribution in [2.45, 2.75) is 71.6 Å². The molecule has 2 N–H and O–H groups in total. The first kappa shape index (κ1) is 23.5. The van der Waals surface area contributed by atoms with E-state index in [0.717, 1.165) is 25.5 Å². The van der Waals surface area contributed by atoms with Crippen LogP contribution in [0.25, 0.3) is 0 Å². The van der Waals surface area contributed by atoms with Gasteiger partial charge < -0.3 is 25.2 Å². The maximum absolute atomic E-state index is 12.1. The quantitative estimate of drug-likeness (QED) is 0.522. The fourth-order valence-electron chi connectivity index (χ4n) is 3.30. The van der Waals surface area contributed by atoms with E-state index in [0.29, 0.717) is 12.0 Å². The zero-order valence-corrected chi connectivity index (χ0v) is 18.6. The summed E-state index contributed by atoms with van der Waals surface area (Å²) >= 11 is 0. The largest absolute Gasteiger partial charge is 0.444 e. The number of rotatable bonds is 7. The summed E-state index contributed by atoms with van der Waals surface area (Å²) in [4.78, 5) is 21.0. The zero-order valence-electron chi connectivity index (χ0n) is 18.6. The minimum Gasteiger partial charge on any atom is -0.444 e. The Bertz CT molecular complexity index is 487. The van der Waals surface area contributed by atoms with Gasteiger partial charge in [0.2, 0.25) is 0 Å². The lowest BCUT2D eigenvalue weighted by molar-refractivity contribution is 0.0486. The van der Waals surface area contributed by atoms with E-state index in [4.69, 9.17) is 4.74 Å². The normalized spacial score (nSPS) is 19.9. The number of hydrogen-bond acceptors (Lipinski definition) is 4. The molecule has 0 bridgehead atoms. The number of likely N-dealkylation sites (N-methyl/N-ethyl adjacent to an activating group) is 1. The standard InChI is InChI=1S/C20H41N5O2/c1-15(2)17(23-19(26)27-20(3,4)5)11-13-25(8)18(21-6)22-14-16-10-9-12-24(16)7/h15-17H,9-14H2,1-8H3,(H,21,22)(H,23,26). The van der Waals surface area contributed by atoms with Gasteiger partial charge in [-0.2, -0.15) is 0 Å². The van der Waals surface area contributed by atoms with E-state index in [1.54, 1.807) is 0 Å². The van der Waals surface area contributed by atoms with Crippen LogP contribution in [0, 0.1) is 5.92 Å². The number of aliphatic imine (C=N–C) groups is 1. The molecular formula is C20H41N5O2. The van der Waals surface area contributed by atoms with Crippen molar-refractivity contribution < 1.29 is 9.53 Å². The van der Waals surface area contributed by atoms with E-state index < -0.39 is 5.60 Å². The van der Waals surface area contributed by atoms with E-state index in [9.17, 15) is 4.79 Å². The molecule has 0 aromatic heterocycles. The van der Waals surface area contributed by atoms with Crippen LogP contribution in [0.15, 0.2) is 4.99 Å². The van der Waals surface area contributed by atoms with E-state index in [1.165, 1.54) is 19.4 Å². The topological polar surface area (TPSA) is 69.2 Å². The molecule has 158 valence electrons. The molecule has 1 saturated heterocycles. The highest BCUT2D eigenvalue weighted by Gasteiger charge is 2.23. The number of ether oxygens (including phenoxy) is 1. The molecule has 0 aliphatic carbocycles. The molecule has 1 rings (SSSR count). The molecule has 1 aliphatic heterocycles. The van der Waals surface area contributed by atoms with Crippen molar-refractivity contribution in [3.63, 3.8) is 0 Å². The van der Waals surface area contributed by atoms with Gasteiger partial charge in [0.05, 0.1) is 0 Å². The van der Waals surface area contributed by atoms with Gasteiger partial charge >= 0.3 is 6.09 Å². The number of alkyl carbamates (subject to hydrolysis) is 1. The Hall–Kier alpha value is -1.50. The number of carbonyl (C=O) groups is 1. The molecule has 2 atom stereocenters. The third kappa shape index (κ3) is 8.82. The van der Waals surface area contributed by atoms with Crippen molar-refractivity contribution in [1.82, 2.24) is 20.4 Å². The summed E-state index contributed by atoms with van der Waals surface area (Å²) in [5, 5.41) is 6.50. The van der Waals surface area contributed by atoms with Gasteiger partial charge in [0.15, 0.2) is 5.96 Å². The highest BCUT2D eigenvalue weighted by molar-refractivity contribution is 5.79. The van der Waals surface area contributed by atoms with Gasteiger partial charge in [-0.05, 0) is 59.5 Å².